The minimum Gasteiger partial charge on any atom is -0.381 e. The molecular weight excluding hydrogens is 492 g/mol. The fourth-order valence-electron chi connectivity index (χ4n) is 6.56. The van der Waals surface area contributed by atoms with Crippen molar-refractivity contribution in [1.82, 2.24) is 25.0 Å². The summed E-state index contributed by atoms with van der Waals surface area (Å²) in [6, 6.07) is 4.91. The van der Waals surface area contributed by atoms with Crippen LogP contribution in [0.3, 0.4) is 0 Å². The fraction of sp³-hybridized carbons (Fsp3) is 0.567. The first-order valence-electron chi connectivity index (χ1n) is 14.3. The molecule has 9 nitrogen and oxygen atoms in total. The second-order valence-electron chi connectivity index (χ2n) is 11.1. The Morgan fingerprint density at radius 2 is 1.87 bits per heavy atom. The van der Waals surface area contributed by atoms with Gasteiger partial charge in [0, 0.05) is 80.7 Å². The number of aryl methyl sites for hydroxylation is 3. The number of nitrogens with zero attached hydrogens (tertiary/aromatic N) is 4. The number of carbonyl (C=O) groups excluding carboxylic acids is 1. The van der Waals surface area contributed by atoms with E-state index in [1.807, 2.05) is 50.8 Å². The number of pyridine rings is 1. The third-order valence-electron chi connectivity index (χ3n) is 8.72. The van der Waals surface area contributed by atoms with Crippen LogP contribution in [0.1, 0.15) is 65.3 Å². The number of piperidine rings is 1. The number of ether oxygens (including phenoxy) is 1. The molecule has 0 radical (unpaired) electrons. The Bertz CT molecular complexity index is 1400. The number of rotatable bonds is 7. The molecule has 5 rings (SSSR count). The van der Waals surface area contributed by atoms with Crippen molar-refractivity contribution < 1.29 is 9.53 Å². The lowest BCUT2D eigenvalue weighted by molar-refractivity contribution is 0.0251. The van der Waals surface area contributed by atoms with E-state index in [4.69, 9.17) is 4.74 Å². The van der Waals surface area contributed by atoms with Crippen LogP contribution in [0, 0.1) is 20.8 Å². The Balaban J connectivity index is 1.41. The van der Waals surface area contributed by atoms with Gasteiger partial charge in [0.2, 0.25) is 0 Å². The number of aromatic nitrogens is 3. The zero-order valence-corrected chi connectivity index (χ0v) is 24.0. The highest BCUT2D eigenvalue weighted by molar-refractivity contribution is 6.05. The van der Waals surface area contributed by atoms with Crippen molar-refractivity contribution in [1.29, 1.82) is 0 Å². The molecule has 9 heteroatoms. The number of hydrogen-bond acceptors (Lipinski definition) is 6. The minimum absolute atomic E-state index is 0.156. The van der Waals surface area contributed by atoms with Gasteiger partial charge in [0.1, 0.15) is 0 Å². The van der Waals surface area contributed by atoms with Gasteiger partial charge in [0.15, 0.2) is 0 Å². The molecule has 1 aromatic carbocycles. The van der Waals surface area contributed by atoms with Crippen molar-refractivity contribution in [3.05, 3.63) is 56.6 Å². The number of aromatic amines is 1. The Kier molecular flexibility index (Phi) is 8.09. The number of amides is 1. The van der Waals surface area contributed by atoms with Crippen LogP contribution >= 0.6 is 0 Å². The number of H-pyrrole nitrogens is 1. The van der Waals surface area contributed by atoms with Gasteiger partial charge in [-0.25, -0.2) is 0 Å². The van der Waals surface area contributed by atoms with E-state index in [9.17, 15) is 9.59 Å². The first-order chi connectivity index (χ1) is 18.8. The van der Waals surface area contributed by atoms with Crippen LogP contribution in [0.15, 0.2) is 23.1 Å². The molecule has 4 heterocycles. The number of carbonyl (C=O) groups is 1. The van der Waals surface area contributed by atoms with Crippen LogP contribution in [0.2, 0.25) is 0 Å². The molecule has 2 saturated heterocycles. The predicted molar refractivity (Wildman–Crippen MR) is 155 cm³/mol. The summed E-state index contributed by atoms with van der Waals surface area (Å²) in [5.74, 6) is -0.179. The average molecular weight is 535 g/mol. The standard InChI is InChI=1S/C30H42N6O3/c1-6-36(23-7-11-35(12-8-23)22-9-13-39-14-10-22)28-21(4)24(16-27-26(28)18-32-34(27)5)29(37)31-17-25-19(2)15-20(3)33-30(25)38/h15-16,18,22-23H,6-14,17H2,1-5H3,(H,31,37)(H,33,38). The molecule has 2 fully saturated rings. The van der Waals surface area contributed by atoms with Gasteiger partial charge in [-0.15, -0.1) is 0 Å². The second-order valence-corrected chi connectivity index (χ2v) is 11.1. The lowest BCUT2D eigenvalue weighted by Gasteiger charge is -2.43. The summed E-state index contributed by atoms with van der Waals surface area (Å²) in [6.07, 6.45) is 6.37. The Morgan fingerprint density at radius 3 is 2.54 bits per heavy atom. The summed E-state index contributed by atoms with van der Waals surface area (Å²) >= 11 is 0. The van der Waals surface area contributed by atoms with Gasteiger partial charge in [0.25, 0.3) is 11.5 Å². The van der Waals surface area contributed by atoms with Gasteiger partial charge in [-0.3, -0.25) is 14.3 Å². The largest absolute Gasteiger partial charge is 0.381 e. The highest BCUT2D eigenvalue weighted by Crippen LogP contribution is 2.36. The minimum atomic E-state index is -0.179. The molecule has 2 aliphatic heterocycles. The SMILES string of the molecule is CCN(c1c(C)c(C(=O)NCc2c(C)cc(C)[nH]c2=O)cc2c1cnn2C)C1CCN(C2CCOCC2)CC1. The molecule has 0 unspecified atom stereocenters. The number of nitrogens with one attached hydrogen (secondary N) is 2. The summed E-state index contributed by atoms with van der Waals surface area (Å²) in [5.41, 5.74) is 5.73. The van der Waals surface area contributed by atoms with E-state index >= 15 is 0 Å². The average Bonchev–Trinajstić information content (AvgIpc) is 3.30. The molecule has 3 aromatic rings. The number of hydrogen-bond donors (Lipinski definition) is 2. The second kappa shape index (κ2) is 11.5. The number of benzene rings is 1. The topological polar surface area (TPSA) is 95.5 Å². The van der Waals surface area contributed by atoms with Crippen molar-refractivity contribution >= 4 is 22.5 Å². The lowest BCUT2D eigenvalue weighted by atomic mass is 9.95. The molecule has 39 heavy (non-hydrogen) atoms. The molecule has 0 bridgehead atoms. The Labute approximate surface area is 230 Å². The van der Waals surface area contributed by atoms with Gasteiger partial charge in [-0.1, -0.05) is 0 Å². The quantitative estimate of drug-likeness (QED) is 0.481. The summed E-state index contributed by atoms with van der Waals surface area (Å²) in [6.45, 7) is 13.0. The maximum absolute atomic E-state index is 13.6. The van der Waals surface area contributed by atoms with Crippen molar-refractivity contribution in [2.24, 2.45) is 7.05 Å². The van der Waals surface area contributed by atoms with Crippen molar-refractivity contribution in [3.8, 4) is 0 Å². The van der Waals surface area contributed by atoms with Gasteiger partial charge in [-0.05, 0) is 76.6 Å². The highest BCUT2D eigenvalue weighted by atomic mass is 16.5. The highest BCUT2D eigenvalue weighted by Gasteiger charge is 2.31. The number of anilines is 1. The van der Waals surface area contributed by atoms with Crippen LogP contribution in [0.25, 0.3) is 10.9 Å². The van der Waals surface area contributed by atoms with E-state index in [-0.39, 0.29) is 18.0 Å². The summed E-state index contributed by atoms with van der Waals surface area (Å²) in [5, 5.41) is 8.64. The van der Waals surface area contributed by atoms with E-state index in [0.717, 1.165) is 91.9 Å². The van der Waals surface area contributed by atoms with Crippen LogP contribution in [-0.2, 0) is 18.3 Å². The molecule has 0 atom stereocenters. The third kappa shape index (κ3) is 5.47. The molecule has 210 valence electrons. The first-order valence-corrected chi connectivity index (χ1v) is 14.3. The fourth-order valence-corrected chi connectivity index (χ4v) is 6.56. The zero-order valence-electron chi connectivity index (χ0n) is 24.0. The van der Waals surface area contributed by atoms with Crippen LogP contribution < -0.4 is 15.8 Å². The Hall–Kier alpha value is -3.17. The first kappa shape index (κ1) is 27.4. The molecular formula is C30H42N6O3. The number of likely N-dealkylation sites (tertiary alicyclic amines) is 1. The van der Waals surface area contributed by atoms with Gasteiger partial charge in [0.05, 0.1) is 17.4 Å². The summed E-state index contributed by atoms with van der Waals surface area (Å²) in [4.78, 5) is 34.1. The third-order valence-corrected chi connectivity index (χ3v) is 8.72. The van der Waals surface area contributed by atoms with E-state index in [2.05, 4.69) is 32.1 Å². The van der Waals surface area contributed by atoms with Crippen molar-refractivity contribution in [2.45, 2.75) is 72.0 Å². The maximum Gasteiger partial charge on any atom is 0.253 e. The van der Waals surface area contributed by atoms with Crippen LogP contribution in [-0.4, -0.2) is 70.5 Å². The van der Waals surface area contributed by atoms with E-state index in [1.165, 1.54) is 0 Å². The molecule has 2 N–H and O–H groups in total. The van der Waals surface area contributed by atoms with Crippen LogP contribution in [0.5, 0.6) is 0 Å². The number of fused-ring (bicyclic) bond motifs is 1. The summed E-state index contributed by atoms with van der Waals surface area (Å²) < 4.78 is 7.42. The van der Waals surface area contributed by atoms with E-state index in [1.54, 1.807) is 0 Å². The van der Waals surface area contributed by atoms with Crippen molar-refractivity contribution in [3.63, 3.8) is 0 Å². The van der Waals surface area contributed by atoms with Crippen molar-refractivity contribution in [2.75, 3.05) is 37.7 Å². The van der Waals surface area contributed by atoms with E-state index in [0.29, 0.717) is 23.2 Å². The monoisotopic (exact) mass is 534 g/mol. The maximum atomic E-state index is 13.6. The van der Waals surface area contributed by atoms with Crippen LogP contribution in [0.4, 0.5) is 5.69 Å². The summed E-state index contributed by atoms with van der Waals surface area (Å²) in [7, 11) is 1.92. The van der Waals surface area contributed by atoms with Gasteiger partial charge >= 0.3 is 0 Å². The molecule has 0 spiro atoms. The smallest absolute Gasteiger partial charge is 0.253 e. The normalized spacial score (nSPS) is 17.6. The lowest BCUT2D eigenvalue weighted by Crippen LogP contribution is -2.49. The molecule has 0 saturated carbocycles. The zero-order chi connectivity index (χ0) is 27.7. The van der Waals surface area contributed by atoms with E-state index < -0.39 is 0 Å². The Morgan fingerprint density at radius 1 is 1.15 bits per heavy atom. The van der Waals surface area contributed by atoms with Gasteiger partial charge < -0.3 is 24.8 Å². The molecule has 0 aliphatic carbocycles. The van der Waals surface area contributed by atoms with Gasteiger partial charge in [-0.2, -0.15) is 5.10 Å². The molecule has 2 aliphatic rings. The predicted octanol–water partition coefficient (Wildman–Crippen LogP) is 3.59. The molecule has 1 amide bonds. The molecule has 2 aromatic heterocycles.